The maximum absolute atomic E-state index is 5.68. The van der Waals surface area contributed by atoms with Crippen molar-refractivity contribution in [2.24, 2.45) is 4.99 Å². The van der Waals surface area contributed by atoms with Crippen molar-refractivity contribution < 1.29 is 9.47 Å². The van der Waals surface area contributed by atoms with Crippen LogP contribution in [0.25, 0.3) is 0 Å². The predicted octanol–water partition coefficient (Wildman–Crippen LogP) is 3.12. The molecule has 1 fully saturated rings. The quantitative estimate of drug-likeness (QED) is 0.257. The molecule has 0 saturated carbocycles. The summed E-state index contributed by atoms with van der Waals surface area (Å²) in [5.74, 6) is 0.837. The van der Waals surface area contributed by atoms with E-state index in [1.54, 1.807) is 0 Å². The van der Waals surface area contributed by atoms with Crippen molar-refractivity contribution in [1.82, 2.24) is 10.6 Å². The standard InChI is InChI=1S/C19H31N3O2.HI/c1-3-16-8-5-6-9-17(16)14-22-19(20-4-2)21-11-13-23-15-18-10-7-12-24-18;/h5-6,8-9,18H,3-4,7,10-15H2,1-2H3,(H2,20,21,22);1H. The molecule has 1 aromatic carbocycles. The van der Waals surface area contributed by atoms with E-state index in [9.17, 15) is 0 Å². The number of hydrogen-bond acceptors (Lipinski definition) is 3. The van der Waals surface area contributed by atoms with Gasteiger partial charge in [0.15, 0.2) is 5.96 Å². The fraction of sp³-hybridized carbons (Fsp3) is 0.632. The summed E-state index contributed by atoms with van der Waals surface area (Å²) in [7, 11) is 0. The Labute approximate surface area is 169 Å². The van der Waals surface area contributed by atoms with Gasteiger partial charge < -0.3 is 20.1 Å². The average Bonchev–Trinajstić information content (AvgIpc) is 3.13. The van der Waals surface area contributed by atoms with Crippen LogP contribution in [0, 0.1) is 0 Å². The molecule has 1 aliphatic rings. The van der Waals surface area contributed by atoms with E-state index in [0.29, 0.717) is 19.8 Å². The summed E-state index contributed by atoms with van der Waals surface area (Å²) in [6.45, 7) is 8.77. The van der Waals surface area contributed by atoms with Crippen molar-refractivity contribution >= 4 is 29.9 Å². The number of hydrogen-bond donors (Lipinski definition) is 2. The fourth-order valence-corrected chi connectivity index (χ4v) is 2.79. The minimum Gasteiger partial charge on any atom is -0.377 e. The summed E-state index contributed by atoms with van der Waals surface area (Å²) in [5, 5.41) is 6.61. The van der Waals surface area contributed by atoms with Crippen LogP contribution in [0.4, 0.5) is 0 Å². The minimum absolute atomic E-state index is 0. The lowest BCUT2D eigenvalue weighted by Crippen LogP contribution is -2.39. The van der Waals surface area contributed by atoms with Gasteiger partial charge in [0.05, 0.1) is 25.9 Å². The first kappa shape index (κ1) is 22.2. The zero-order chi connectivity index (χ0) is 17.0. The van der Waals surface area contributed by atoms with Gasteiger partial charge in [0.2, 0.25) is 0 Å². The third-order valence-electron chi connectivity index (χ3n) is 4.12. The highest BCUT2D eigenvalue weighted by Crippen LogP contribution is 2.12. The molecule has 0 radical (unpaired) electrons. The highest BCUT2D eigenvalue weighted by Gasteiger charge is 2.14. The lowest BCUT2D eigenvalue weighted by Gasteiger charge is -2.13. The third-order valence-corrected chi connectivity index (χ3v) is 4.12. The first-order valence-corrected chi connectivity index (χ1v) is 9.11. The monoisotopic (exact) mass is 461 g/mol. The second-order valence-electron chi connectivity index (χ2n) is 5.95. The van der Waals surface area contributed by atoms with Gasteiger partial charge in [0, 0.05) is 19.7 Å². The molecule has 0 aliphatic carbocycles. The summed E-state index contributed by atoms with van der Waals surface area (Å²) < 4.78 is 11.2. The second kappa shape index (κ2) is 13.4. The second-order valence-corrected chi connectivity index (χ2v) is 5.95. The van der Waals surface area contributed by atoms with Gasteiger partial charge in [-0.2, -0.15) is 0 Å². The number of benzene rings is 1. The summed E-state index contributed by atoms with van der Waals surface area (Å²) in [6.07, 6.45) is 3.60. The van der Waals surface area contributed by atoms with Crippen molar-refractivity contribution in [3.8, 4) is 0 Å². The smallest absolute Gasteiger partial charge is 0.191 e. The maximum Gasteiger partial charge on any atom is 0.191 e. The molecule has 1 heterocycles. The van der Waals surface area contributed by atoms with E-state index in [0.717, 1.165) is 44.9 Å². The Hall–Kier alpha value is -0.860. The zero-order valence-electron chi connectivity index (χ0n) is 15.4. The van der Waals surface area contributed by atoms with Gasteiger partial charge in [-0.1, -0.05) is 31.2 Å². The number of nitrogens with zero attached hydrogens (tertiary/aromatic N) is 1. The van der Waals surface area contributed by atoms with E-state index in [2.05, 4.69) is 53.7 Å². The molecule has 1 unspecified atom stereocenters. The molecule has 1 atom stereocenters. The highest BCUT2D eigenvalue weighted by atomic mass is 127. The Bertz CT molecular complexity index is 505. The van der Waals surface area contributed by atoms with E-state index in [-0.39, 0.29) is 30.1 Å². The molecule has 1 aromatic rings. The van der Waals surface area contributed by atoms with Crippen molar-refractivity contribution in [3.63, 3.8) is 0 Å². The van der Waals surface area contributed by atoms with E-state index >= 15 is 0 Å². The van der Waals surface area contributed by atoms with E-state index in [1.165, 1.54) is 11.1 Å². The van der Waals surface area contributed by atoms with Gasteiger partial charge in [-0.15, -0.1) is 24.0 Å². The molecule has 0 bridgehead atoms. The number of guanidine groups is 1. The Balaban J connectivity index is 0.00000312. The molecule has 142 valence electrons. The van der Waals surface area contributed by atoms with Gasteiger partial charge in [-0.3, -0.25) is 0 Å². The van der Waals surface area contributed by atoms with Gasteiger partial charge >= 0.3 is 0 Å². The van der Waals surface area contributed by atoms with Crippen LogP contribution in [0.15, 0.2) is 29.3 Å². The van der Waals surface area contributed by atoms with Crippen molar-refractivity contribution in [3.05, 3.63) is 35.4 Å². The number of rotatable bonds is 9. The Morgan fingerprint density at radius 3 is 2.72 bits per heavy atom. The van der Waals surface area contributed by atoms with Crippen LogP contribution in [0.2, 0.25) is 0 Å². The molecule has 1 aliphatic heterocycles. The maximum atomic E-state index is 5.68. The fourth-order valence-electron chi connectivity index (χ4n) is 2.79. The third kappa shape index (κ3) is 8.37. The van der Waals surface area contributed by atoms with Crippen LogP contribution in [0.1, 0.15) is 37.8 Å². The van der Waals surface area contributed by atoms with Gasteiger partial charge in [-0.05, 0) is 37.3 Å². The molecular weight excluding hydrogens is 429 g/mol. The summed E-state index contributed by atoms with van der Waals surface area (Å²) in [4.78, 5) is 4.68. The minimum atomic E-state index is 0. The van der Waals surface area contributed by atoms with Crippen LogP contribution >= 0.6 is 24.0 Å². The molecule has 6 heteroatoms. The SMILES string of the molecule is CCNC(=NCc1ccccc1CC)NCCOCC1CCCO1.I. The number of ether oxygens (including phenoxy) is 2. The summed E-state index contributed by atoms with van der Waals surface area (Å²) in [6, 6.07) is 8.48. The number of halogens is 1. The van der Waals surface area contributed by atoms with Crippen LogP contribution in [-0.4, -0.2) is 45.0 Å². The van der Waals surface area contributed by atoms with Gasteiger partial charge in [0.1, 0.15) is 0 Å². The predicted molar refractivity (Wildman–Crippen MR) is 114 cm³/mol. The summed E-state index contributed by atoms with van der Waals surface area (Å²) >= 11 is 0. The first-order valence-electron chi connectivity index (χ1n) is 9.11. The van der Waals surface area contributed by atoms with Crippen LogP contribution < -0.4 is 10.6 Å². The van der Waals surface area contributed by atoms with Crippen molar-refractivity contribution in [1.29, 1.82) is 0 Å². The van der Waals surface area contributed by atoms with Crippen LogP contribution in [0.5, 0.6) is 0 Å². The Morgan fingerprint density at radius 1 is 1.24 bits per heavy atom. The van der Waals surface area contributed by atoms with Gasteiger partial charge in [-0.25, -0.2) is 4.99 Å². The van der Waals surface area contributed by atoms with Crippen LogP contribution in [-0.2, 0) is 22.4 Å². The lowest BCUT2D eigenvalue weighted by molar-refractivity contribution is 0.0191. The molecule has 2 N–H and O–H groups in total. The molecule has 0 spiro atoms. The number of nitrogens with one attached hydrogen (secondary N) is 2. The number of aryl methyl sites for hydroxylation is 1. The van der Waals surface area contributed by atoms with E-state index in [4.69, 9.17) is 9.47 Å². The van der Waals surface area contributed by atoms with E-state index < -0.39 is 0 Å². The molecule has 0 amide bonds. The topological polar surface area (TPSA) is 54.9 Å². The molecule has 25 heavy (non-hydrogen) atoms. The largest absolute Gasteiger partial charge is 0.377 e. The highest BCUT2D eigenvalue weighted by molar-refractivity contribution is 14.0. The molecular formula is C19H32IN3O2. The Morgan fingerprint density at radius 2 is 2.04 bits per heavy atom. The van der Waals surface area contributed by atoms with Crippen LogP contribution in [0.3, 0.4) is 0 Å². The van der Waals surface area contributed by atoms with Crippen molar-refractivity contribution in [2.45, 2.75) is 45.8 Å². The van der Waals surface area contributed by atoms with Gasteiger partial charge in [0.25, 0.3) is 0 Å². The average molecular weight is 461 g/mol. The zero-order valence-corrected chi connectivity index (χ0v) is 17.8. The number of aliphatic imine (C=N–C) groups is 1. The van der Waals surface area contributed by atoms with E-state index in [1.807, 2.05) is 0 Å². The lowest BCUT2D eigenvalue weighted by atomic mass is 10.1. The normalized spacial score (nSPS) is 17.2. The first-order chi connectivity index (χ1) is 11.8. The molecule has 0 aromatic heterocycles. The van der Waals surface area contributed by atoms with Crippen molar-refractivity contribution in [2.75, 3.05) is 32.9 Å². The summed E-state index contributed by atoms with van der Waals surface area (Å²) in [5.41, 5.74) is 2.64. The Kier molecular flexibility index (Phi) is 11.9. The molecule has 5 nitrogen and oxygen atoms in total. The molecule has 2 rings (SSSR count). The molecule has 1 saturated heterocycles.